The molecular weight excluding hydrogens is 282 g/mol. The van der Waals surface area contributed by atoms with Crippen LogP contribution in [0.4, 0.5) is 5.69 Å². The number of hydrogen-bond donors (Lipinski definition) is 1. The monoisotopic (exact) mass is 299 g/mol. The van der Waals surface area contributed by atoms with Gasteiger partial charge in [0.1, 0.15) is 6.33 Å². The summed E-state index contributed by atoms with van der Waals surface area (Å²) in [6.07, 6.45) is 1.61. The zero-order valence-electron chi connectivity index (χ0n) is 12.2. The van der Waals surface area contributed by atoms with Gasteiger partial charge in [-0.1, -0.05) is 6.07 Å². The highest BCUT2D eigenvalue weighted by Gasteiger charge is 2.11. The summed E-state index contributed by atoms with van der Waals surface area (Å²) in [7, 11) is 0. The Bertz CT molecular complexity index is 732. The highest BCUT2D eigenvalue weighted by Crippen LogP contribution is 2.28. The van der Waals surface area contributed by atoms with E-state index in [2.05, 4.69) is 64.3 Å². The standard InChI is InChI=1S/C15H17N5S/c1-10-4-5-13(8-14(10)20-9-16-18-19-20)17-12(3)15-11(2)6-7-21-15/h4-9,12,17H,1-3H3. The molecular formula is C15H17N5S. The van der Waals surface area contributed by atoms with E-state index in [9.17, 15) is 0 Å². The molecule has 2 heterocycles. The van der Waals surface area contributed by atoms with Crippen LogP contribution in [0, 0.1) is 13.8 Å². The van der Waals surface area contributed by atoms with E-state index >= 15 is 0 Å². The van der Waals surface area contributed by atoms with Crippen molar-refractivity contribution < 1.29 is 0 Å². The van der Waals surface area contributed by atoms with Gasteiger partial charge in [0.05, 0.1) is 11.7 Å². The predicted molar refractivity (Wildman–Crippen MR) is 85.0 cm³/mol. The van der Waals surface area contributed by atoms with Crippen LogP contribution >= 0.6 is 11.3 Å². The molecule has 0 bridgehead atoms. The summed E-state index contributed by atoms with van der Waals surface area (Å²) in [4.78, 5) is 1.36. The highest BCUT2D eigenvalue weighted by atomic mass is 32.1. The van der Waals surface area contributed by atoms with Crippen LogP contribution in [-0.2, 0) is 0 Å². The van der Waals surface area contributed by atoms with Crippen molar-refractivity contribution in [2.45, 2.75) is 26.8 Å². The molecule has 0 saturated carbocycles. The van der Waals surface area contributed by atoms with Crippen molar-refractivity contribution in [3.63, 3.8) is 0 Å². The lowest BCUT2D eigenvalue weighted by atomic mass is 10.1. The Morgan fingerprint density at radius 1 is 1.19 bits per heavy atom. The van der Waals surface area contributed by atoms with Crippen LogP contribution < -0.4 is 5.32 Å². The summed E-state index contributed by atoms with van der Waals surface area (Å²) in [6.45, 7) is 6.37. The van der Waals surface area contributed by atoms with Crippen LogP contribution in [0.15, 0.2) is 36.0 Å². The number of thiophene rings is 1. The van der Waals surface area contributed by atoms with Crippen LogP contribution in [0.5, 0.6) is 0 Å². The van der Waals surface area contributed by atoms with Crippen LogP contribution in [0.3, 0.4) is 0 Å². The molecule has 0 aliphatic carbocycles. The van der Waals surface area contributed by atoms with E-state index in [1.165, 1.54) is 10.4 Å². The zero-order valence-corrected chi connectivity index (χ0v) is 13.1. The van der Waals surface area contributed by atoms with Gasteiger partial charge in [0.25, 0.3) is 0 Å². The van der Waals surface area contributed by atoms with Gasteiger partial charge in [0.2, 0.25) is 0 Å². The number of nitrogens with zero attached hydrogens (tertiary/aromatic N) is 4. The maximum Gasteiger partial charge on any atom is 0.143 e. The van der Waals surface area contributed by atoms with Gasteiger partial charge in [0.15, 0.2) is 0 Å². The van der Waals surface area contributed by atoms with Gasteiger partial charge in [-0.25, -0.2) is 4.68 Å². The van der Waals surface area contributed by atoms with Gasteiger partial charge < -0.3 is 5.32 Å². The lowest BCUT2D eigenvalue weighted by Gasteiger charge is -2.16. The molecule has 6 heteroatoms. The first kappa shape index (κ1) is 13.8. The fourth-order valence-electron chi connectivity index (χ4n) is 2.36. The largest absolute Gasteiger partial charge is 0.378 e. The Balaban J connectivity index is 1.87. The van der Waals surface area contributed by atoms with E-state index in [0.29, 0.717) is 0 Å². The molecule has 0 radical (unpaired) electrons. The second-order valence-corrected chi connectivity index (χ2v) is 6.04. The number of rotatable bonds is 4. The molecule has 0 amide bonds. The molecule has 1 N–H and O–H groups in total. The minimum Gasteiger partial charge on any atom is -0.378 e. The van der Waals surface area contributed by atoms with Gasteiger partial charge in [0, 0.05) is 10.6 Å². The van der Waals surface area contributed by atoms with Crippen molar-refractivity contribution in [3.05, 3.63) is 52.0 Å². The Morgan fingerprint density at radius 3 is 2.71 bits per heavy atom. The first-order valence-corrected chi connectivity index (χ1v) is 7.67. The van der Waals surface area contributed by atoms with Crippen LogP contribution in [0.25, 0.3) is 5.69 Å². The Morgan fingerprint density at radius 2 is 2.05 bits per heavy atom. The topological polar surface area (TPSA) is 55.6 Å². The Hall–Kier alpha value is -2.21. The maximum atomic E-state index is 3.96. The average molecular weight is 299 g/mol. The van der Waals surface area contributed by atoms with Crippen LogP contribution in [0.1, 0.15) is 29.0 Å². The predicted octanol–water partition coefficient (Wildman–Crippen LogP) is 3.51. The molecule has 0 saturated heterocycles. The molecule has 0 aliphatic rings. The van der Waals surface area contributed by atoms with Crippen LogP contribution in [0.2, 0.25) is 0 Å². The van der Waals surface area contributed by atoms with Crippen LogP contribution in [-0.4, -0.2) is 20.2 Å². The fourth-order valence-corrected chi connectivity index (χ4v) is 3.30. The summed E-state index contributed by atoms with van der Waals surface area (Å²) in [6, 6.07) is 8.66. The normalized spacial score (nSPS) is 12.3. The Labute approximate surface area is 127 Å². The van der Waals surface area contributed by atoms with Gasteiger partial charge in [-0.05, 0) is 65.9 Å². The van der Waals surface area contributed by atoms with E-state index in [4.69, 9.17) is 0 Å². The minimum absolute atomic E-state index is 0.273. The molecule has 21 heavy (non-hydrogen) atoms. The first-order valence-electron chi connectivity index (χ1n) is 6.79. The van der Waals surface area contributed by atoms with Crippen molar-refractivity contribution in [3.8, 4) is 5.69 Å². The van der Waals surface area contributed by atoms with Crippen molar-refractivity contribution in [1.82, 2.24) is 20.2 Å². The zero-order chi connectivity index (χ0) is 14.8. The average Bonchev–Trinajstić information content (AvgIpc) is 3.12. The summed E-state index contributed by atoms with van der Waals surface area (Å²) in [5, 5.41) is 17.0. The van der Waals surface area contributed by atoms with Crippen molar-refractivity contribution in [2.75, 3.05) is 5.32 Å². The third-order valence-electron chi connectivity index (χ3n) is 3.48. The molecule has 108 valence electrons. The van der Waals surface area contributed by atoms with Gasteiger partial charge in [-0.15, -0.1) is 16.4 Å². The third kappa shape index (κ3) is 2.80. The van der Waals surface area contributed by atoms with Crippen molar-refractivity contribution in [2.24, 2.45) is 0 Å². The number of nitrogens with one attached hydrogen (secondary N) is 1. The molecule has 0 fully saturated rings. The molecule has 1 atom stereocenters. The summed E-state index contributed by atoms with van der Waals surface area (Å²) in [5.74, 6) is 0. The van der Waals surface area contributed by atoms with E-state index in [1.54, 1.807) is 22.3 Å². The van der Waals surface area contributed by atoms with Crippen molar-refractivity contribution >= 4 is 17.0 Å². The maximum absolute atomic E-state index is 3.96. The van der Waals surface area contributed by atoms with E-state index < -0.39 is 0 Å². The first-order chi connectivity index (χ1) is 10.1. The summed E-state index contributed by atoms with van der Waals surface area (Å²) < 4.78 is 1.68. The lowest BCUT2D eigenvalue weighted by molar-refractivity contribution is 0.785. The Kier molecular flexibility index (Phi) is 3.70. The molecule has 3 aromatic rings. The molecule has 1 unspecified atom stereocenters. The minimum atomic E-state index is 0.273. The molecule has 0 aliphatic heterocycles. The smallest absolute Gasteiger partial charge is 0.143 e. The number of benzene rings is 1. The summed E-state index contributed by atoms with van der Waals surface area (Å²) >= 11 is 1.78. The molecule has 1 aromatic carbocycles. The van der Waals surface area contributed by atoms with Crippen molar-refractivity contribution in [1.29, 1.82) is 0 Å². The number of anilines is 1. The summed E-state index contributed by atoms with van der Waals surface area (Å²) in [5.41, 5.74) is 4.51. The quantitative estimate of drug-likeness (QED) is 0.801. The number of aromatic nitrogens is 4. The lowest BCUT2D eigenvalue weighted by Crippen LogP contribution is -2.07. The van der Waals surface area contributed by atoms with E-state index in [1.807, 2.05) is 6.92 Å². The molecule has 5 nitrogen and oxygen atoms in total. The highest BCUT2D eigenvalue weighted by molar-refractivity contribution is 7.10. The molecule has 2 aromatic heterocycles. The number of aryl methyl sites for hydroxylation is 2. The number of hydrogen-bond acceptors (Lipinski definition) is 5. The van der Waals surface area contributed by atoms with E-state index in [0.717, 1.165) is 16.9 Å². The SMILES string of the molecule is Cc1ccc(NC(C)c2sccc2C)cc1-n1cnnn1. The molecule has 0 spiro atoms. The molecule has 3 rings (SSSR count). The fraction of sp³-hybridized carbons (Fsp3) is 0.267. The third-order valence-corrected chi connectivity index (χ3v) is 4.68. The van der Waals surface area contributed by atoms with Gasteiger partial charge in [-0.2, -0.15) is 0 Å². The second-order valence-electron chi connectivity index (χ2n) is 5.09. The second kappa shape index (κ2) is 5.65. The van der Waals surface area contributed by atoms with E-state index in [-0.39, 0.29) is 6.04 Å². The van der Waals surface area contributed by atoms with Gasteiger partial charge >= 0.3 is 0 Å². The van der Waals surface area contributed by atoms with Gasteiger partial charge in [-0.3, -0.25) is 0 Å². The number of tetrazole rings is 1.